The lowest BCUT2D eigenvalue weighted by Gasteiger charge is -2.65. The van der Waals surface area contributed by atoms with Crippen LogP contribution in [0.15, 0.2) is 5.11 Å². The lowest BCUT2D eigenvalue weighted by molar-refractivity contribution is -0.227. The molecule has 0 radical (unpaired) electrons. The molecule has 378 valence electrons. The molecule has 4 fully saturated rings. The van der Waals surface area contributed by atoms with Crippen LogP contribution in [0.25, 0.3) is 10.4 Å². The van der Waals surface area contributed by atoms with Crippen molar-refractivity contribution in [1.29, 1.82) is 0 Å². The van der Waals surface area contributed by atoms with E-state index in [4.69, 9.17) is 51.2 Å². The minimum absolute atomic E-state index is 0.00413. The topological polar surface area (TPSA) is 215 Å². The van der Waals surface area contributed by atoms with Crippen LogP contribution in [0.1, 0.15) is 143 Å². The van der Waals surface area contributed by atoms with Crippen LogP contribution in [0.2, 0.25) is 0 Å². The van der Waals surface area contributed by atoms with Crippen molar-refractivity contribution in [2.45, 2.75) is 162 Å². The summed E-state index contributed by atoms with van der Waals surface area (Å²) >= 11 is 0. The van der Waals surface area contributed by atoms with Gasteiger partial charge in [0.2, 0.25) is 0 Å². The molecule has 2 amide bonds. The highest BCUT2D eigenvalue weighted by molar-refractivity contribution is 5.74. The fraction of sp³-hybridized carbons (Fsp3) is 0.980. The third-order valence-electron chi connectivity index (χ3n) is 16.3. The summed E-state index contributed by atoms with van der Waals surface area (Å²) in [5, 5.41) is 6.59. The van der Waals surface area contributed by atoms with Gasteiger partial charge in [0.1, 0.15) is 0 Å². The number of unbranched alkanes of at least 4 members (excludes halogenated alkanes) is 5. The van der Waals surface area contributed by atoms with Crippen LogP contribution < -0.4 is 22.5 Å². The SMILES string of the molecule is CCCCCCCCN(CCC[C@@H](C)[C@H]1CC[C@H]2C3[C@H](OCCCN)CC4C[C@H](OCCCN)CC[C@]4(C)[C@H]3C[C@H](OCCCN)C12C)C(=O)NCCOCCOCCOCCN=[N+]=[N-]. The van der Waals surface area contributed by atoms with E-state index in [9.17, 15) is 4.79 Å². The number of urea groups is 1. The maximum absolute atomic E-state index is 13.7. The van der Waals surface area contributed by atoms with Crippen LogP contribution in [0, 0.1) is 46.3 Å². The standard InChI is InChI=1S/C50H96N8O7/c1-5-6-7-8-9-10-25-58(48(59)55-23-30-60-32-34-62-35-33-61-31-24-56-57-54)26-11-15-39(2)42-16-17-43-47-44(38-46(50(42,43)4)65-29-14-22-53)49(3)19-18-41(63-27-12-20-51)36-40(49)37-45(47)64-28-13-21-52/h39-47H,5-38,51-53H2,1-4H3,(H,55,59)/t39-,40?,41-,42-,43+,44+,45-,46+,47?,49+,50?/m1/s1. The van der Waals surface area contributed by atoms with Crippen molar-refractivity contribution >= 4 is 6.03 Å². The van der Waals surface area contributed by atoms with E-state index in [1.54, 1.807) is 0 Å². The van der Waals surface area contributed by atoms with Gasteiger partial charge in [0.15, 0.2) is 0 Å². The first-order chi connectivity index (χ1) is 31.7. The molecule has 0 heterocycles. The number of rotatable bonds is 36. The quantitative estimate of drug-likeness (QED) is 0.0205. The molecule has 4 saturated carbocycles. The fourth-order valence-electron chi connectivity index (χ4n) is 12.8. The second kappa shape index (κ2) is 31.4. The first-order valence-corrected chi connectivity index (χ1v) is 26.4. The number of nitrogens with two attached hydrogens (primary N) is 3. The summed E-state index contributed by atoms with van der Waals surface area (Å²) in [6.45, 7) is 19.0. The number of ether oxygens (including phenoxy) is 6. The zero-order valence-corrected chi connectivity index (χ0v) is 41.6. The summed E-state index contributed by atoms with van der Waals surface area (Å²) in [6, 6.07) is 0.00413. The molecule has 0 spiro atoms. The van der Waals surface area contributed by atoms with Crippen molar-refractivity contribution < 1.29 is 33.2 Å². The molecule has 0 saturated heterocycles. The van der Waals surface area contributed by atoms with Crippen LogP contribution in [0.4, 0.5) is 4.79 Å². The first-order valence-electron chi connectivity index (χ1n) is 26.4. The first kappa shape index (κ1) is 55.8. The van der Waals surface area contributed by atoms with Crippen LogP contribution in [-0.4, -0.2) is 135 Å². The average Bonchev–Trinajstić information content (AvgIpc) is 3.66. The van der Waals surface area contributed by atoms with E-state index in [2.05, 4.69) is 47.9 Å². The maximum atomic E-state index is 13.7. The second-order valence-electron chi connectivity index (χ2n) is 20.4. The number of amides is 2. The minimum Gasteiger partial charge on any atom is -0.379 e. The molecule has 0 aliphatic heterocycles. The molecule has 0 bridgehead atoms. The van der Waals surface area contributed by atoms with E-state index in [0.717, 1.165) is 96.9 Å². The van der Waals surface area contributed by atoms with E-state index in [-0.39, 0.29) is 29.1 Å². The lowest BCUT2D eigenvalue weighted by atomic mass is 9.43. The molecule has 15 nitrogen and oxygen atoms in total. The third kappa shape index (κ3) is 17.0. The van der Waals surface area contributed by atoms with E-state index in [0.29, 0.717) is 121 Å². The molecule has 4 rings (SSSR count). The largest absolute Gasteiger partial charge is 0.379 e. The van der Waals surface area contributed by atoms with Crippen LogP contribution in [0.5, 0.6) is 0 Å². The van der Waals surface area contributed by atoms with Crippen molar-refractivity contribution in [3.8, 4) is 0 Å². The number of hydrogen-bond donors (Lipinski definition) is 4. The van der Waals surface area contributed by atoms with Gasteiger partial charge in [-0.25, -0.2) is 4.79 Å². The molecule has 0 aromatic carbocycles. The highest BCUT2D eigenvalue weighted by Gasteiger charge is 2.66. The van der Waals surface area contributed by atoms with Gasteiger partial charge in [0, 0.05) is 56.3 Å². The predicted octanol–water partition coefficient (Wildman–Crippen LogP) is 8.22. The Morgan fingerprint density at radius 2 is 1.40 bits per heavy atom. The van der Waals surface area contributed by atoms with Gasteiger partial charge >= 0.3 is 6.03 Å². The average molecular weight is 921 g/mol. The second-order valence-corrected chi connectivity index (χ2v) is 20.4. The minimum atomic E-state index is 0.00413. The Morgan fingerprint density at radius 3 is 2.11 bits per heavy atom. The summed E-state index contributed by atoms with van der Waals surface area (Å²) in [4.78, 5) is 18.4. The Kier molecular flexibility index (Phi) is 26.9. The van der Waals surface area contributed by atoms with E-state index >= 15 is 0 Å². The number of nitrogens with one attached hydrogen (secondary N) is 1. The predicted molar refractivity (Wildman–Crippen MR) is 259 cm³/mol. The van der Waals surface area contributed by atoms with Gasteiger partial charge in [-0.3, -0.25) is 0 Å². The molecule has 4 aliphatic carbocycles. The summed E-state index contributed by atoms with van der Waals surface area (Å²) in [5.74, 6) is 3.20. The molecule has 3 unspecified atom stereocenters. The van der Waals surface area contributed by atoms with Gasteiger partial charge in [-0.15, -0.1) is 0 Å². The monoisotopic (exact) mass is 921 g/mol. The van der Waals surface area contributed by atoms with Gasteiger partial charge in [0.05, 0.1) is 58.0 Å². The summed E-state index contributed by atoms with van der Waals surface area (Å²) < 4.78 is 37.2. The molecule has 0 aromatic heterocycles. The number of nitrogens with zero attached hydrogens (tertiary/aromatic N) is 4. The van der Waals surface area contributed by atoms with Crippen LogP contribution >= 0.6 is 0 Å². The van der Waals surface area contributed by atoms with Gasteiger partial charge < -0.3 is 55.8 Å². The molecule has 15 heteroatoms. The normalized spacial score (nSPS) is 30.0. The van der Waals surface area contributed by atoms with Crippen molar-refractivity contribution in [1.82, 2.24) is 10.2 Å². The Bertz CT molecular complexity index is 1330. The zero-order chi connectivity index (χ0) is 46.8. The highest BCUT2D eigenvalue weighted by Crippen LogP contribution is 2.69. The summed E-state index contributed by atoms with van der Waals surface area (Å²) in [6.07, 6.45) is 20.7. The van der Waals surface area contributed by atoms with E-state index in [1.165, 1.54) is 44.9 Å². The Balaban J connectivity index is 1.38. The van der Waals surface area contributed by atoms with Crippen LogP contribution in [0.3, 0.4) is 0 Å². The third-order valence-corrected chi connectivity index (χ3v) is 16.3. The van der Waals surface area contributed by atoms with Crippen molar-refractivity contribution in [3.05, 3.63) is 10.4 Å². The summed E-state index contributed by atoms with van der Waals surface area (Å²) in [7, 11) is 0. The fourth-order valence-corrected chi connectivity index (χ4v) is 12.8. The van der Waals surface area contributed by atoms with E-state index < -0.39 is 0 Å². The van der Waals surface area contributed by atoms with Crippen molar-refractivity contribution in [2.24, 2.45) is 68.7 Å². The van der Waals surface area contributed by atoms with E-state index in [1.807, 2.05) is 0 Å². The van der Waals surface area contributed by atoms with Gasteiger partial charge in [-0.1, -0.05) is 64.9 Å². The molecular weight excluding hydrogens is 825 g/mol. The number of azide groups is 1. The maximum Gasteiger partial charge on any atom is 0.317 e. The lowest BCUT2D eigenvalue weighted by Crippen LogP contribution is -2.63. The molecule has 65 heavy (non-hydrogen) atoms. The Labute approximate surface area is 394 Å². The van der Waals surface area contributed by atoms with Crippen LogP contribution in [-0.2, 0) is 28.4 Å². The van der Waals surface area contributed by atoms with Crippen molar-refractivity contribution in [3.63, 3.8) is 0 Å². The number of fused-ring (bicyclic) bond motifs is 5. The summed E-state index contributed by atoms with van der Waals surface area (Å²) in [5.41, 5.74) is 26.5. The molecule has 7 N–H and O–H groups in total. The molecule has 0 aromatic rings. The molecular formula is C50H96N8O7. The van der Waals surface area contributed by atoms with Gasteiger partial charge in [-0.05, 0) is 150 Å². The molecule has 4 aliphatic rings. The number of carbonyl (C=O) groups is 1. The Hall–Kier alpha value is -1.78. The van der Waals surface area contributed by atoms with Crippen molar-refractivity contribution in [2.75, 3.05) is 105 Å². The Morgan fingerprint density at radius 1 is 0.754 bits per heavy atom. The smallest absolute Gasteiger partial charge is 0.317 e. The molecule has 11 atom stereocenters. The number of hydrogen-bond acceptors (Lipinski definition) is 11. The van der Waals surface area contributed by atoms with Gasteiger partial charge in [0.25, 0.3) is 0 Å². The highest BCUT2D eigenvalue weighted by atomic mass is 16.5. The zero-order valence-electron chi connectivity index (χ0n) is 41.6. The van der Waals surface area contributed by atoms with Gasteiger partial charge in [-0.2, -0.15) is 0 Å². The number of carbonyl (C=O) groups excluding carboxylic acids is 1.